The predicted octanol–water partition coefficient (Wildman–Crippen LogP) is 3.59. The van der Waals surface area contributed by atoms with E-state index in [1.165, 1.54) is 0 Å². The Bertz CT molecular complexity index is 125. The fraction of sp³-hybridized carbons (Fsp3) is 0.727. The molecule has 0 spiro atoms. The highest BCUT2D eigenvalue weighted by atomic mass is 16.1. The van der Waals surface area contributed by atoms with Crippen LogP contribution in [0.1, 0.15) is 47.5 Å². The molecular weight excluding hydrogens is 148 g/mol. The summed E-state index contributed by atoms with van der Waals surface area (Å²) in [7, 11) is 0. The molecule has 0 radical (unpaired) electrons. The van der Waals surface area contributed by atoms with E-state index in [1.54, 1.807) is 6.92 Å². The highest BCUT2D eigenvalue weighted by Crippen LogP contribution is 2.05. The zero-order valence-electron chi connectivity index (χ0n) is 9.05. The Hall–Kier alpha value is -0.590. The number of allylic oxidation sites excluding steroid dienone is 2. The summed E-state index contributed by atoms with van der Waals surface area (Å²) in [5.41, 5.74) is 0. The lowest BCUT2D eigenvalue weighted by Gasteiger charge is -2.02. The minimum absolute atomic E-state index is 0.153. The van der Waals surface area contributed by atoms with Gasteiger partial charge < -0.3 is 0 Å². The van der Waals surface area contributed by atoms with Crippen LogP contribution in [0, 0.1) is 5.92 Å². The van der Waals surface area contributed by atoms with Crippen molar-refractivity contribution in [3.8, 4) is 0 Å². The van der Waals surface area contributed by atoms with Crippen LogP contribution in [-0.4, -0.2) is 5.78 Å². The lowest BCUT2D eigenvalue weighted by molar-refractivity contribution is -0.119. The third-order valence-corrected chi connectivity index (χ3v) is 1.57. The topological polar surface area (TPSA) is 17.1 Å². The van der Waals surface area contributed by atoms with Gasteiger partial charge in [-0.1, -0.05) is 39.8 Å². The SMILES string of the molecule is CC.CC/C=C\C(CC)C(C)=O. The van der Waals surface area contributed by atoms with Gasteiger partial charge in [-0.25, -0.2) is 0 Å². The van der Waals surface area contributed by atoms with Crippen LogP contribution in [0.15, 0.2) is 12.2 Å². The Morgan fingerprint density at radius 2 is 1.83 bits per heavy atom. The van der Waals surface area contributed by atoms with Gasteiger partial charge in [0.2, 0.25) is 0 Å². The van der Waals surface area contributed by atoms with Crippen LogP contribution in [0.3, 0.4) is 0 Å². The van der Waals surface area contributed by atoms with Crippen LogP contribution in [0.2, 0.25) is 0 Å². The van der Waals surface area contributed by atoms with Gasteiger partial charge in [0.05, 0.1) is 0 Å². The number of hydrogen-bond acceptors (Lipinski definition) is 1. The minimum atomic E-state index is 0.153. The first-order valence-electron chi connectivity index (χ1n) is 4.89. The first-order valence-corrected chi connectivity index (χ1v) is 4.89. The van der Waals surface area contributed by atoms with E-state index in [0.717, 1.165) is 12.8 Å². The van der Waals surface area contributed by atoms with Crippen molar-refractivity contribution < 1.29 is 4.79 Å². The molecule has 12 heavy (non-hydrogen) atoms. The second kappa shape index (κ2) is 10.4. The molecule has 0 aromatic rings. The quantitative estimate of drug-likeness (QED) is 0.589. The van der Waals surface area contributed by atoms with Gasteiger partial charge in [0.1, 0.15) is 5.78 Å². The molecule has 1 heteroatoms. The normalized spacial score (nSPS) is 12.1. The number of carbonyl (C=O) groups is 1. The molecule has 0 fully saturated rings. The van der Waals surface area contributed by atoms with Crippen molar-refractivity contribution in [2.24, 2.45) is 5.92 Å². The molecular formula is C11H22O. The van der Waals surface area contributed by atoms with Crippen molar-refractivity contribution in [2.75, 3.05) is 0 Å². The average Bonchev–Trinajstić information content (AvgIpc) is 2.09. The average molecular weight is 170 g/mol. The summed E-state index contributed by atoms with van der Waals surface area (Å²) in [5.74, 6) is 0.423. The van der Waals surface area contributed by atoms with E-state index in [-0.39, 0.29) is 11.7 Å². The molecule has 1 unspecified atom stereocenters. The fourth-order valence-electron chi connectivity index (χ4n) is 0.859. The summed E-state index contributed by atoms with van der Waals surface area (Å²) in [6, 6.07) is 0. The lowest BCUT2D eigenvalue weighted by Crippen LogP contribution is -2.05. The highest BCUT2D eigenvalue weighted by Gasteiger charge is 2.05. The Kier molecular flexibility index (Phi) is 12.1. The maximum absolute atomic E-state index is 10.8. The molecule has 0 amide bonds. The molecule has 0 aliphatic carbocycles. The van der Waals surface area contributed by atoms with Crippen LogP contribution in [0.25, 0.3) is 0 Å². The van der Waals surface area contributed by atoms with E-state index >= 15 is 0 Å². The van der Waals surface area contributed by atoms with Crippen LogP contribution >= 0.6 is 0 Å². The van der Waals surface area contributed by atoms with E-state index < -0.39 is 0 Å². The number of Topliss-reactive ketones (excluding diaryl/α,β-unsaturated/α-hetero) is 1. The number of ketones is 1. The second-order valence-corrected chi connectivity index (χ2v) is 2.46. The molecule has 0 aromatic carbocycles. The van der Waals surface area contributed by atoms with Crippen LogP contribution in [0.4, 0.5) is 0 Å². The van der Waals surface area contributed by atoms with Crippen molar-refractivity contribution in [1.29, 1.82) is 0 Å². The Labute approximate surface area is 76.9 Å². The molecule has 0 aliphatic heterocycles. The molecule has 72 valence electrons. The van der Waals surface area contributed by atoms with Gasteiger partial charge in [-0.05, 0) is 19.8 Å². The molecule has 0 saturated carbocycles. The summed E-state index contributed by atoms with van der Waals surface area (Å²) in [5, 5.41) is 0. The maximum Gasteiger partial charge on any atom is 0.136 e. The van der Waals surface area contributed by atoms with Crippen molar-refractivity contribution >= 4 is 5.78 Å². The third-order valence-electron chi connectivity index (χ3n) is 1.57. The molecule has 0 aromatic heterocycles. The van der Waals surface area contributed by atoms with Gasteiger partial charge in [0.15, 0.2) is 0 Å². The largest absolute Gasteiger partial charge is 0.299 e. The zero-order valence-corrected chi connectivity index (χ0v) is 9.05. The van der Waals surface area contributed by atoms with Crippen LogP contribution in [-0.2, 0) is 4.79 Å². The summed E-state index contributed by atoms with van der Waals surface area (Å²) < 4.78 is 0. The van der Waals surface area contributed by atoms with Crippen molar-refractivity contribution in [1.82, 2.24) is 0 Å². The third kappa shape index (κ3) is 7.52. The van der Waals surface area contributed by atoms with Crippen molar-refractivity contribution in [3.63, 3.8) is 0 Å². The molecule has 0 N–H and O–H groups in total. The summed E-state index contributed by atoms with van der Waals surface area (Å²) in [6.07, 6.45) is 5.99. The summed E-state index contributed by atoms with van der Waals surface area (Å²) in [4.78, 5) is 10.8. The van der Waals surface area contributed by atoms with E-state index in [0.29, 0.717) is 0 Å². The Morgan fingerprint density at radius 3 is 2.08 bits per heavy atom. The number of hydrogen-bond donors (Lipinski definition) is 0. The highest BCUT2D eigenvalue weighted by molar-refractivity contribution is 5.79. The van der Waals surface area contributed by atoms with Gasteiger partial charge in [0.25, 0.3) is 0 Å². The minimum Gasteiger partial charge on any atom is -0.299 e. The summed E-state index contributed by atoms with van der Waals surface area (Å²) >= 11 is 0. The monoisotopic (exact) mass is 170 g/mol. The molecule has 0 saturated heterocycles. The molecule has 1 atom stereocenters. The lowest BCUT2D eigenvalue weighted by atomic mass is 10.0. The Morgan fingerprint density at radius 1 is 1.33 bits per heavy atom. The van der Waals surface area contributed by atoms with E-state index in [9.17, 15) is 4.79 Å². The van der Waals surface area contributed by atoms with Crippen molar-refractivity contribution in [3.05, 3.63) is 12.2 Å². The standard InChI is InChI=1S/C9H16O.C2H6/c1-4-6-7-9(5-2)8(3)10;1-2/h6-7,9H,4-5H2,1-3H3;1-2H3/b7-6-;. The molecule has 1 nitrogen and oxygen atoms in total. The number of rotatable bonds is 4. The molecule has 0 bridgehead atoms. The van der Waals surface area contributed by atoms with Crippen LogP contribution < -0.4 is 0 Å². The van der Waals surface area contributed by atoms with Gasteiger partial charge in [-0.2, -0.15) is 0 Å². The smallest absolute Gasteiger partial charge is 0.136 e. The van der Waals surface area contributed by atoms with Gasteiger partial charge in [-0.15, -0.1) is 0 Å². The van der Waals surface area contributed by atoms with E-state index in [1.807, 2.05) is 26.8 Å². The molecule has 0 rings (SSSR count). The van der Waals surface area contributed by atoms with E-state index in [2.05, 4.69) is 13.0 Å². The second-order valence-electron chi connectivity index (χ2n) is 2.46. The summed E-state index contributed by atoms with van der Waals surface area (Å²) in [6.45, 7) is 9.75. The van der Waals surface area contributed by atoms with Crippen molar-refractivity contribution in [2.45, 2.75) is 47.5 Å². The Balaban J connectivity index is 0. The first-order chi connectivity index (χ1) is 5.72. The maximum atomic E-state index is 10.8. The van der Waals surface area contributed by atoms with Crippen LogP contribution in [0.5, 0.6) is 0 Å². The van der Waals surface area contributed by atoms with Gasteiger partial charge in [-0.3, -0.25) is 4.79 Å². The number of carbonyl (C=O) groups excluding carboxylic acids is 1. The zero-order chi connectivity index (χ0) is 9.98. The van der Waals surface area contributed by atoms with E-state index in [4.69, 9.17) is 0 Å². The molecule has 0 aliphatic rings. The predicted molar refractivity (Wildman–Crippen MR) is 55.2 cm³/mol. The fourth-order valence-corrected chi connectivity index (χ4v) is 0.859. The van der Waals surface area contributed by atoms with Gasteiger partial charge >= 0.3 is 0 Å². The molecule has 0 heterocycles. The van der Waals surface area contributed by atoms with Gasteiger partial charge in [0, 0.05) is 5.92 Å². The first kappa shape index (κ1) is 14.0.